The predicted octanol–water partition coefficient (Wildman–Crippen LogP) is 1.71. The molecule has 1 rings (SSSR count). The van der Waals surface area contributed by atoms with E-state index < -0.39 is 16.0 Å². The lowest BCUT2D eigenvalue weighted by Gasteiger charge is -2.04. The maximum Gasteiger partial charge on any atom is 0.123 e. The molecular formula is C10H11NO2S. The number of benzene rings is 1. The Morgan fingerprint density at radius 3 is 2.43 bits per heavy atom. The van der Waals surface area contributed by atoms with Gasteiger partial charge in [0.25, 0.3) is 0 Å². The molecule has 0 saturated heterocycles. The Morgan fingerprint density at radius 1 is 1.43 bits per heavy atom. The Hall–Kier alpha value is -1.34. The summed E-state index contributed by atoms with van der Waals surface area (Å²) in [5.74, 6) is 0.718. The fourth-order valence-electron chi connectivity index (χ4n) is 0.962. The van der Waals surface area contributed by atoms with Crippen LogP contribution in [0.3, 0.4) is 0 Å². The van der Waals surface area contributed by atoms with Gasteiger partial charge in [-0.3, -0.25) is 4.21 Å². The molecule has 0 aliphatic heterocycles. The van der Waals surface area contributed by atoms with Gasteiger partial charge in [0.2, 0.25) is 0 Å². The van der Waals surface area contributed by atoms with Crippen LogP contribution in [0.1, 0.15) is 6.92 Å². The number of hydrogen-bond acceptors (Lipinski definition) is 3. The molecule has 2 atom stereocenters. The van der Waals surface area contributed by atoms with E-state index in [1.807, 2.05) is 6.07 Å². The van der Waals surface area contributed by atoms with E-state index in [0.717, 1.165) is 5.75 Å². The van der Waals surface area contributed by atoms with E-state index in [1.54, 1.807) is 38.3 Å². The van der Waals surface area contributed by atoms with E-state index in [1.165, 1.54) is 0 Å². The molecule has 4 heteroatoms. The maximum absolute atomic E-state index is 11.6. The zero-order chi connectivity index (χ0) is 10.6. The van der Waals surface area contributed by atoms with E-state index in [2.05, 4.69) is 0 Å². The number of rotatable bonds is 3. The quantitative estimate of drug-likeness (QED) is 0.761. The summed E-state index contributed by atoms with van der Waals surface area (Å²) in [6.07, 6.45) is 0. The smallest absolute Gasteiger partial charge is 0.123 e. The highest BCUT2D eigenvalue weighted by atomic mass is 32.2. The molecule has 0 heterocycles. The number of hydrogen-bond donors (Lipinski definition) is 0. The molecular weight excluding hydrogens is 198 g/mol. The minimum absolute atomic E-state index is 0.483. The van der Waals surface area contributed by atoms with E-state index in [0.29, 0.717) is 4.90 Å². The lowest BCUT2D eigenvalue weighted by molar-refractivity contribution is 0.414. The molecule has 1 aromatic rings. The molecule has 0 aliphatic rings. The van der Waals surface area contributed by atoms with E-state index in [9.17, 15) is 4.21 Å². The predicted molar refractivity (Wildman–Crippen MR) is 54.5 cm³/mol. The van der Waals surface area contributed by atoms with Gasteiger partial charge in [0.1, 0.15) is 11.0 Å². The first kappa shape index (κ1) is 10.7. The fourth-order valence-corrected chi connectivity index (χ4v) is 1.87. The lowest BCUT2D eigenvalue weighted by atomic mass is 10.3. The van der Waals surface area contributed by atoms with Crippen LogP contribution in [0.15, 0.2) is 29.2 Å². The first-order chi connectivity index (χ1) is 6.69. The highest BCUT2D eigenvalue weighted by Crippen LogP contribution is 2.16. The van der Waals surface area contributed by atoms with Crippen molar-refractivity contribution >= 4 is 10.8 Å². The Balaban J connectivity index is 2.88. The van der Waals surface area contributed by atoms with E-state index in [-0.39, 0.29) is 0 Å². The fraction of sp³-hybridized carbons (Fsp3) is 0.300. The maximum atomic E-state index is 11.6. The van der Waals surface area contributed by atoms with Crippen molar-refractivity contribution in [1.82, 2.24) is 0 Å². The average molecular weight is 209 g/mol. The summed E-state index contributed by atoms with van der Waals surface area (Å²) in [6, 6.07) is 8.85. The number of methoxy groups -OCH3 is 1. The van der Waals surface area contributed by atoms with Crippen molar-refractivity contribution in [3.8, 4) is 11.8 Å². The number of nitriles is 1. The van der Waals surface area contributed by atoms with Crippen LogP contribution in [-0.2, 0) is 10.8 Å². The zero-order valence-corrected chi connectivity index (χ0v) is 8.88. The van der Waals surface area contributed by atoms with Crippen LogP contribution in [0.2, 0.25) is 0 Å². The van der Waals surface area contributed by atoms with Gasteiger partial charge in [0, 0.05) is 4.90 Å². The highest BCUT2D eigenvalue weighted by Gasteiger charge is 2.11. The summed E-state index contributed by atoms with van der Waals surface area (Å²) in [7, 11) is 0.318. The van der Waals surface area contributed by atoms with Crippen molar-refractivity contribution in [3.63, 3.8) is 0 Å². The Morgan fingerprint density at radius 2 is 2.00 bits per heavy atom. The van der Waals surface area contributed by atoms with Crippen LogP contribution in [0.25, 0.3) is 0 Å². The second kappa shape index (κ2) is 4.77. The molecule has 0 aromatic heterocycles. The number of ether oxygens (including phenoxy) is 1. The summed E-state index contributed by atoms with van der Waals surface area (Å²) < 4.78 is 16.6. The summed E-state index contributed by atoms with van der Waals surface area (Å²) in [5.41, 5.74) is 0. The number of nitrogens with zero attached hydrogens (tertiary/aromatic N) is 1. The normalized spacial score (nSPS) is 14.1. The Labute approximate surface area is 85.8 Å². The molecule has 1 aromatic carbocycles. The van der Waals surface area contributed by atoms with Gasteiger partial charge in [-0.25, -0.2) is 0 Å². The SMILES string of the molecule is COc1ccc(S(=O)C(C)C#N)cc1. The summed E-state index contributed by atoms with van der Waals surface area (Å²) in [4.78, 5) is 0.653. The molecule has 0 aliphatic carbocycles. The molecule has 0 bridgehead atoms. The third-order valence-corrected chi connectivity index (χ3v) is 3.28. The van der Waals surface area contributed by atoms with Gasteiger partial charge in [0.05, 0.1) is 24.0 Å². The summed E-state index contributed by atoms with van der Waals surface area (Å²) in [6.45, 7) is 1.64. The molecule has 3 nitrogen and oxygen atoms in total. The van der Waals surface area contributed by atoms with Gasteiger partial charge in [-0.15, -0.1) is 0 Å². The van der Waals surface area contributed by atoms with Crippen molar-refractivity contribution in [2.45, 2.75) is 17.1 Å². The second-order valence-electron chi connectivity index (χ2n) is 2.74. The molecule has 0 spiro atoms. The van der Waals surface area contributed by atoms with Crippen LogP contribution in [0.4, 0.5) is 0 Å². The van der Waals surface area contributed by atoms with Gasteiger partial charge in [-0.1, -0.05) is 0 Å². The van der Waals surface area contributed by atoms with Gasteiger partial charge >= 0.3 is 0 Å². The third-order valence-electron chi connectivity index (χ3n) is 1.79. The van der Waals surface area contributed by atoms with Crippen molar-refractivity contribution < 1.29 is 8.95 Å². The van der Waals surface area contributed by atoms with Crippen LogP contribution in [-0.4, -0.2) is 16.6 Å². The monoisotopic (exact) mass is 209 g/mol. The minimum atomic E-state index is -1.26. The first-order valence-corrected chi connectivity index (χ1v) is 5.34. The molecule has 0 saturated carbocycles. The molecule has 0 fully saturated rings. The largest absolute Gasteiger partial charge is 0.497 e. The molecule has 14 heavy (non-hydrogen) atoms. The second-order valence-corrected chi connectivity index (χ2v) is 4.52. The summed E-state index contributed by atoms with van der Waals surface area (Å²) in [5, 5.41) is 8.12. The third kappa shape index (κ3) is 2.33. The first-order valence-electron chi connectivity index (χ1n) is 4.13. The van der Waals surface area contributed by atoms with Crippen LogP contribution in [0.5, 0.6) is 5.75 Å². The van der Waals surface area contributed by atoms with E-state index in [4.69, 9.17) is 10.00 Å². The standard InChI is InChI=1S/C10H11NO2S/c1-8(7-11)14(12)10-5-3-9(13-2)4-6-10/h3-6,8H,1-2H3. The Kier molecular flexibility index (Phi) is 3.66. The topological polar surface area (TPSA) is 50.1 Å². The zero-order valence-electron chi connectivity index (χ0n) is 8.06. The van der Waals surface area contributed by atoms with Gasteiger partial charge < -0.3 is 4.74 Å². The van der Waals surface area contributed by atoms with Gasteiger partial charge in [-0.2, -0.15) is 5.26 Å². The van der Waals surface area contributed by atoms with Crippen molar-refractivity contribution in [2.75, 3.05) is 7.11 Å². The van der Waals surface area contributed by atoms with Crippen LogP contribution in [0, 0.1) is 11.3 Å². The molecule has 74 valence electrons. The minimum Gasteiger partial charge on any atom is -0.497 e. The molecule has 2 unspecified atom stereocenters. The lowest BCUT2D eigenvalue weighted by Crippen LogP contribution is -2.07. The summed E-state index contributed by atoms with van der Waals surface area (Å²) >= 11 is 0. The molecule has 0 N–H and O–H groups in total. The highest BCUT2D eigenvalue weighted by molar-refractivity contribution is 7.86. The van der Waals surface area contributed by atoms with Crippen LogP contribution >= 0.6 is 0 Å². The average Bonchev–Trinajstić information content (AvgIpc) is 2.27. The molecule has 0 amide bonds. The van der Waals surface area contributed by atoms with Gasteiger partial charge in [-0.05, 0) is 31.2 Å². The Bertz CT molecular complexity index is 367. The van der Waals surface area contributed by atoms with E-state index >= 15 is 0 Å². The van der Waals surface area contributed by atoms with Crippen molar-refractivity contribution in [2.24, 2.45) is 0 Å². The van der Waals surface area contributed by atoms with Crippen molar-refractivity contribution in [3.05, 3.63) is 24.3 Å². The van der Waals surface area contributed by atoms with Gasteiger partial charge in [0.15, 0.2) is 0 Å². The van der Waals surface area contributed by atoms with Crippen LogP contribution < -0.4 is 4.74 Å². The molecule has 0 radical (unpaired) electrons. The van der Waals surface area contributed by atoms with Crippen molar-refractivity contribution in [1.29, 1.82) is 5.26 Å².